The lowest BCUT2D eigenvalue weighted by Crippen LogP contribution is -2.59. The highest BCUT2D eigenvalue weighted by atomic mass is 32.1. The van der Waals surface area contributed by atoms with Gasteiger partial charge in [-0.15, -0.1) is 0 Å². The zero-order chi connectivity index (χ0) is 26.1. The molecule has 5 unspecified atom stereocenters. The molecule has 0 aliphatic heterocycles. The van der Waals surface area contributed by atoms with Crippen molar-refractivity contribution in [1.29, 1.82) is 0 Å². The van der Waals surface area contributed by atoms with Gasteiger partial charge in [0, 0.05) is 22.9 Å². The van der Waals surface area contributed by atoms with Crippen LogP contribution in [0.5, 0.6) is 0 Å². The van der Waals surface area contributed by atoms with Crippen molar-refractivity contribution in [3.05, 3.63) is 36.0 Å². The summed E-state index contributed by atoms with van der Waals surface area (Å²) in [5.41, 5.74) is 7.95. The maximum atomic E-state index is 13.0. The Balaban J connectivity index is 2.07. The zero-order valence-electron chi connectivity index (χ0n) is 19.7. The number of thiol groups is 1. The van der Waals surface area contributed by atoms with Crippen molar-refractivity contribution in [2.75, 3.05) is 12.4 Å². The quantitative estimate of drug-likeness (QED) is 0.169. The molecule has 1 aromatic heterocycles. The monoisotopic (exact) mass is 507 g/mol. The second-order valence-corrected chi connectivity index (χ2v) is 8.73. The van der Waals surface area contributed by atoms with Crippen molar-refractivity contribution in [3.63, 3.8) is 0 Å². The summed E-state index contributed by atoms with van der Waals surface area (Å²) in [5, 5.41) is 26.4. The van der Waals surface area contributed by atoms with Crippen LogP contribution in [-0.4, -0.2) is 75.4 Å². The largest absolute Gasteiger partial charge is 0.480 e. The van der Waals surface area contributed by atoms with E-state index in [-0.39, 0.29) is 18.1 Å². The van der Waals surface area contributed by atoms with Gasteiger partial charge in [-0.3, -0.25) is 14.4 Å². The van der Waals surface area contributed by atoms with Crippen LogP contribution in [-0.2, 0) is 25.6 Å². The number of carbonyl (C=O) groups excluding carboxylic acids is 3. The third kappa shape index (κ3) is 7.44. The fraction of sp³-hybridized carbons (Fsp3) is 0.478. The smallest absolute Gasteiger partial charge is 0.328 e. The summed E-state index contributed by atoms with van der Waals surface area (Å²) in [6, 6.07) is 3.03. The first kappa shape index (κ1) is 28.1. The maximum absolute atomic E-state index is 13.0. The Bertz CT molecular complexity index is 1040. The first-order chi connectivity index (χ1) is 16.6. The third-order valence-corrected chi connectivity index (χ3v) is 6.22. The van der Waals surface area contributed by atoms with Gasteiger partial charge in [0.25, 0.3) is 0 Å². The molecule has 192 valence electrons. The van der Waals surface area contributed by atoms with Crippen LogP contribution in [0.25, 0.3) is 10.9 Å². The van der Waals surface area contributed by atoms with Crippen LogP contribution < -0.4 is 21.7 Å². The normalized spacial score (nSPS) is 15.5. The standard InChI is InChI=1S/C23H33N5O6S/c1-3-12(2)19(22(32)27-18(11-35)21(31)26-17(10-29)23(33)34)28-20(30)15(24)8-13-9-25-16-7-5-4-6-14(13)16/h4-7,9,12,15,17-19,25,29,35H,3,8,10-11,24H2,1-2H3,(H,26,31)(H,27,32)(H,28,30)(H,33,34). The number of carboxylic acids is 1. The number of aliphatic hydroxyl groups excluding tert-OH is 1. The van der Waals surface area contributed by atoms with Crippen molar-refractivity contribution < 1.29 is 29.4 Å². The van der Waals surface area contributed by atoms with E-state index in [1.165, 1.54) is 0 Å². The lowest BCUT2D eigenvalue weighted by atomic mass is 9.97. The Kier molecular flexibility index (Phi) is 10.6. The van der Waals surface area contributed by atoms with Gasteiger partial charge >= 0.3 is 5.97 Å². The van der Waals surface area contributed by atoms with E-state index in [2.05, 4.69) is 33.6 Å². The number of amides is 3. The van der Waals surface area contributed by atoms with E-state index >= 15 is 0 Å². The molecule has 1 heterocycles. The number of hydrogen-bond acceptors (Lipinski definition) is 7. The van der Waals surface area contributed by atoms with E-state index in [0.717, 1.165) is 16.5 Å². The Labute approximate surface area is 208 Å². The molecule has 0 saturated heterocycles. The molecule has 2 rings (SSSR count). The number of aromatic nitrogens is 1. The molecule has 5 atom stereocenters. The van der Waals surface area contributed by atoms with Crippen LogP contribution in [0.3, 0.4) is 0 Å². The van der Waals surface area contributed by atoms with Gasteiger partial charge in [-0.2, -0.15) is 12.6 Å². The number of aliphatic carboxylic acids is 1. The molecule has 0 aliphatic rings. The predicted molar refractivity (Wildman–Crippen MR) is 134 cm³/mol. The van der Waals surface area contributed by atoms with E-state index in [4.69, 9.17) is 15.9 Å². The lowest BCUT2D eigenvalue weighted by Gasteiger charge is -2.27. The molecule has 8 N–H and O–H groups in total. The van der Waals surface area contributed by atoms with Gasteiger partial charge in [-0.25, -0.2) is 4.79 Å². The summed E-state index contributed by atoms with van der Waals surface area (Å²) in [7, 11) is 0. The summed E-state index contributed by atoms with van der Waals surface area (Å²) in [4.78, 5) is 52.5. The maximum Gasteiger partial charge on any atom is 0.328 e. The van der Waals surface area contributed by atoms with Crippen molar-refractivity contribution in [3.8, 4) is 0 Å². The van der Waals surface area contributed by atoms with E-state index in [1.54, 1.807) is 13.1 Å². The summed E-state index contributed by atoms with van der Waals surface area (Å²) >= 11 is 4.06. The fourth-order valence-electron chi connectivity index (χ4n) is 3.51. The number of benzene rings is 1. The highest BCUT2D eigenvalue weighted by Crippen LogP contribution is 2.19. The molecule has 0 aliphatic carbocycles. The number of nitrogens with one attached hydrogen (secondary N) is 4. The first-order valence-corrected chi connectivity index (χ1v) is 11.9. The fourth-order valence-corrected chi connectivity index (χ4v) is 3.76. The first-order valence-electron chi connectivity index (χ1n) is 11.3. The molecule has 35 heavy (non-hydrogen) atoms. The Morgan fingerprint density at radius 1 is 1.06 bits per heavy atom. The number of H-pyrrole nitrogens is 1. The number of aliphatic hydroxyl groups is 1. The Morgan fingerprint density at radius 3 is 2.31 bits per heavy atom. The van der Waals surface area contributed by atoms with E-state index in [9.17, 15) is 19.2 Å². The minimum Gasteiger partial charge on any atom is -0.480 e. The van der Waals surface area contributed by atoms with Gasteiger partial charge in [0.15, 0.2) is 0 Å². The van der Waals surface area contributed by atoms with Crippen LogP contribution in [0.2, 0.25) is 0 Å². The summed E-state index contributed by atoms with van der Waals surface area (Å²) in [5.74, 6) is -3.80. The second-order valence-electron chi connectivity index (χ2n) is 8.37. The minimum absolute atomic E-state index is 0.128. The zero-order valence-corrected chi connectivity index (χ0v) is 20.5. The van der Waals surface area contributed by atoms with Crippen molar-refractivity contribution >= 4 is 47.2 Å². The molecule has 0 bridgehead atoms. The molecule has 0 saturated carbocycles. The number of carboxylic acid groups (broad SMARTS) is 1. The Morgan fingerprint density at radius 2 is 1.71 bits per heavy atom. The summed E-state index contributed by atoms with van der Waals surface area (Å²) < 4.78 is 0. The van der Waals surface area contributed by atoms with Gasteiger partial charge in [0.1, 0.15) is 18.1 Å². The number of hydrogen-bond donors (Lipinski definition) is 8. The molecule has 0 spiro atoms. The van der Waals surface area contributed by atoms with Crippen molar-refractivity contribution in [2.24, 2.45) is 11.7 Å². The van der Waals surface area contributed by atoms with E-state index in [0.29, 0.717) is 6.42 Å². The highest BCUT2D eigenvalue weighted by Gasteiger charge is 2.32. The molecular weight excluding hydrogens is 474 g/mol. The molecule has 0 fully saturated rings. The van der Waals surface area contributed by atoms with Crippen LogP contribution in [0.4, 0.5) is 0 Å². The average molecular weight is 508 g/mol. The number of rotatable bonds is 13. The summed E-state index contributed by atoms with van der Waals surface area (Å²) in [6.45, 7) is 2.82. The van der Waals surface area contributed by atoms with Crippen LogP contribution in [0.1, 0.15) is 25.8 Å². The molecular formula is C23H33N5O6S. The van der Waals surface area contributed by atoms with Gasteiger partial charge in [0.05, 0.1) is 12.6 Å². The molecule has 3 amide bonds. The van der Waals surface area contributed by atoms with Crippen molar-refractivity contribution in [2.45, 2.75) is 50.9 Å². The van der Waals surface area contributed by atoms with Crippen LogP contribution in [0.15, 0.2) is 30.5 Å². The Hall–Kier alpha value is -3.09. The number of carbonyl (C=O) groups is 4. The predicted octanol–water partition coefficient (Wildman–Crippen LogP) is -0.455. The molecule has 0 radical (unpaired) electrons. The van der Waals surface area contributed by atoms with Crippen molar-refractivity contribution in [1.82, 2.24) is 20.9 Å². The lowest BCUT2D eigenvalue weighted by molar-refractivity contribution is -0.143. The molecule has 2 aromatic rings. The molecule has 11 nitrogen and oxygen atoms in total. The van der Waals surface area contributed by atoms with Gasteiger partial charge in [-0.05, 0) is 24.0 Å². The highest BCUT2D eigenvalue weighted by molar-refractivity contribution is 7.80. The summed E-state index contributed by atoms with van der Waals surface area (Å²) in [6.07, 6.45) is 2.60. The van der Waals surface area contributed by atoms with Crippen LogP contribution >= 0.6 is 12.6 Å². The average Bonchev–Trinajstić information content (AvgIpc) is 3.25. The van der Waals surface area contributed by atoms with Gasteiger partial charge in [0.2, 0.25) is 17.7 Å². The van der Waals surface area contributed by atoms with E-state index in [1.807, 2.05) is 31.2 Å². The number of nitrogens with two attached hydrogens (primary N) is 1. The van der Waals surface area contributed by atoms with E-state index < -0.39 is 54.5 Å². The number of fused-ring (bicyclic) bond motifs is 1. The second kappa shape index (κ2) is 13.1. The molecule has 1 aromatic carbocycles. The topological polar surface area (TPSA) is 187 Å². The van der Waals surface area contributed by atoms with Gasteiger partial charge < -0.3 is 36.9 Å². The molecule has 12 heteroatoms. The third-order valence-electron chi connectivity index (χ3n) is 5.86. The number of aromatic amines is 1. The van der Waals surface area contributed by atoms with Gasteiger partial charge in [-0.1, -0.05) is 38.5 Å². The van der Waals surface area contributed by atoms with Crippen LogP contribution in [0, 0.1) is 5.92 Å². The minimum atomic E-state index is -1.52. The number of para-hydroxylation sites is 1. The SMILES string of the molecule is CCC(C)C(NC(=O)C(N)Cc1c[nH]c2ccccc12)C(=O)NC(CS)C(=O)NC(CO)C(=O)O.